The van der Waals surface area contributed by atoms with Gasteiger partial charge in [-0.1, -0.05) is 0 Å². The minimum Gasteiger partial charge on any atom is -0.368 e. The molecule has 0 aromatic carbocycles. The van der Waals surface area contributed by atoms with E-state index in [1.165, 1.54) is 0 Å². The van der Waals surface area contributed by atoms with Crippen LogP contribution in [0.1, 0.15) is 27.7 Å². The largest absolute Gasteiger partial charge is 0.368 e. The van der Waals surface area contributed by atoms with E-state index in [0.717, 1.165) is 13.1 Å². The number of rotatable bonds is 7. The highest BCUT2D eigenvalue weighted by molar-refractivity contribution is 5.86. The molecule has 0 radical (unpaired) electrons. The molecule has 0 aliphatic carbocycles. The van der Waals surface area contributed by atoms with Crippen LogP contribution in [0.4, 0.5) is 17.8 Å². The van der Waals surface area contributed by atoms with Crippen LogP contribution in [0.2, 0.25) is 0 Å². The molecule has 0 bridgehead atoms. The van der Waals surface area contributed by atoms with Gasteiger partial charge < -0.3 is 21.3 Å². The molecule has 0 saturated carbocycles. The number of nitrogens with two attached hydrogens (primary N) is 1. The number of primary amides is 1. The second kappa shape index (κ2) is 6.36. The maximum atomic E-state index is 11.4. The van der Waals surface area contributed by atoms with Gasteiger partial charge in [-0.2, -0.15) is 15.0 Å². The molecule has 0 aliphatic rings. The minimum atomic E-state index is -0.938. The Bertz CT molecular complexity index is 471. The molecule has 0 aliphatic heterocycles. The van der Waals surface area contributed by atoms with Crippen molar-refractivity contribution in [3.8, 4) is 0 Å². The van der Waals surface area contributed by atoms with E-state index in [4.69, 9.17) is 5.73 Å². The van der Waals surface area contributed by atoms with Gasteiger partial charge in [-0.3, -0.25) is 4.79 Å². The summed E-state index contributed by atoms with van der Waals surface area (Å²) < 4.78 is 0. The van der Waals surface area contributed by atoms with Crippen molar-refractivity contribution in [1.82, 2.24) is 15.0 Å². The molecule has 112 valence electrons. The second-order valence-electron chi connectivity index (χ2n) is 4.82. The highest BCUT2D eigenvalue weighted by Crippen LogP contribution is 2.16. The zero-order chi connectivity index (χ0) is 15.3. The fourth-order valence-corrected chi connectivity index (χ4v) is 1.52. The maximum Gasteiger partial charge on any atom is 0.242 e. The van der Waals surface area contributed by atoms with Crippen LogP contribution < -0.4 is 21.3 Å². The van der Waals surface area contributed by atoms with Gasteiger partial charge in [-0.25, -0.2) is 0 Å². The molecule has 4 N–H and O–H groups in total. The van der Waals surface area contributed by atoms with Crippen LogP contribution in [0, 0.1) is 0 Å². The van der Waals surface area contributed by atoms with Crippen molar-refractivity contribution >= 4 is 23.8 Å². The van der Waals surface area contributed by atoms with Crippen molar-refractivity contribution < 1.29 is 4.79 Å². The van der Waals surface area contributed by atoms with E-state index in [2.05, 4.69) is 25.6 Å². The Hall–Kier alpha value is -2.12. The zero-order valence-corrected chi connectivity index (χ0v) is 12.7. The van der Waals surface area contributed by atoms with Crippen LogP contribution in [0.15, 0.2) is 0 Å². The van der Waals surface area contributed by atoms with Gasteiger partial charge in [0.05, 0.1) is 0 Å². The van der Waals surface area contributed by atoms with Gasteiger partial charge in [-0.15, -0.1) is 0 Å². The molecule has 8 nitrogen and oxygen atoms in total. The molecule has 0 atom stereocenters. The number of amides is 1. The van der Waals surface area contributed by atoms with Crippen LogP contribution in [0.3, 0.4) is 0 Å². The number of aromatic nitrogens is 3. The average molecular weight is 281 g/mol. The molecule has 0 fully saturated rings. The molecule has 0 unspecified atom stereocenters. The summed E-state index contributed by atoms with van der Waals surface area (Å²) in [6.07, 6.45) is 0. The molecule has 20 heavy (non-hydrogen) atoms. The van der Waals surface area contributed by atoms with Crippen molar-refractivity contribution in [2.75, 3.05) is 35.7 Å². The number of anilines is 3. The molecule has 8 heteroatoms. The van der Waals surface area contributed by atoms with E-state index in [1.54, 1.807) is 20.9 Å². The van der Waals surface area contributed by atoms with E-state index in [-0.39, 0.29) is 0 Å². The summed E-state index contributed by atoms with van der Waals surface area (Å²) in [6, 6.07) is 0. The van der Waals surface area contributed by atoms with Gasteiger partial charge in [0.25, 0.3) is 0 Å². The normalized spacial score (nSPS) is 11.1. The third-order valence-electron chi connectivity index (χ3n) is 2.93. The standard InChI is InChI=1S/C12H23N7O/c1-6-19(7-2)11-16-9(14-5)15-10(17-11)18-12(3,4)8(13)20/h6-7H2,1-5H3,(H2,13,20)(H2,14,15,16,17,18). The van der Waals surface area contributed by atoms with Gasteiger partial charge >= 0.3 is 0 Å². The van der Waals surface area contributed by atoms with Crippen LogP contribution >= 0.6 is 0 Å². The lowest BCUT2D eigenvalue weighted by Gasteiger charge is -2.24. The number of nitrogens with one attached hydrogen (secondary N) is 2. The van der Waals surface area contributed by atoms with Crippen LogP contribution in [0.5, 0.6) is 0 Å². The van der Waals surface area contributed by atoms with E-state index in [0.29, 0.717) is 17.8 Å². The number of carbonyl (C=O) groups is 1. The van der Waals surface area contributed by atoms with Crippen molar-refractivity contribution in [2.45, 2.75) is 33.2 Å². The molecular formula is C12H23N7O. The van der Waals surface area contributed by atoms with Crippen LogP contribution in [0.25, 0.3) is 0 Å². The van der Waals surface area contributed by atoms with E-state index in [9.17, 15) is 4.79 Å². The lowest BCUT2D eigenvalue weighted by Crippen LogP contribution is -2.45. The van der Waals surface area contributed by atoms with E-state index >= 15 is 0 Å². The molecule has 1 heterocycles. The molecule has 1 aromatic rings. The number of carbonyl (C=O) groups excluding carboxylic acids is 1. The van der Waals surface area contributed by atoms with Crippen LogP contribution in [-0.4, -0.2) is 46.5 Å². The van der Waals surface area contributed by atoms with Gasteiger partial charge in [0, 0.05) is 20.1 Å². The molecule has 1 aromatic heterocycles. The first kappa shape index (κ1) is 15.9. The number of hydrogen-bond donors (Lipinski definition) is 3. The second-order valence-corrected chi connectivity index (χ2v) is 4.82. The summed E-state index contributed by atoms with van der Waals surface area (Å²) in [5.74, 6) is 0.824. The first-order valence-electron chi connectivity index (χ1n) is 6.60. The zero-order valence-electron chi connectivity index (χ0n) is 12.7. The third kappa shape index (κ3) is 3.69. The highest BCUT2D eigenvalue weighted by atomic mass is 16.1. The summed E-state index contributed by atoms with van der Waals surface area (Å²) in [7, 11) is 1.73. The van der Waals surface area contributed by atoms with Gasteiger partial charge in [-0.05, 0) is 27.7 Å². The topological polar surface area (TPSA) is 109 Å². The fraction of sp³-hybridized carbons (Fsp3) is 0.667. The first-order valence-corrected chi connectivity index (χ1v) is 6.60. The van der Waals surface area contributed by atoms with Crippen LogP contribution in [-0.2, 0) is 4.79 Å². The maximum absolute atomic E-state index is 11.4. The summed E-state index contributed by atoms with van der Waals surface area (Å²) in [5.41, 5.74) is 4.40. The minimum absolute atomic E-state index is 0.315. The predicted octanol–water partition coefficient (Wildman–Crippen LogP) is 0.435. The molecule has 0 saturated heterocycles. The number of nitrogens with zero attached hydrogens (tertiary/aromatic N) is 4. The number of hydrogen-bond acceptors (Lipinski definition) is 7. The third-order valence-corrected chi connectivity index (χ3v) is 2.93. The van der Waals surface area contributed by atoms with Crippen molar-refractivity contribution in [3.05, 3.63) is 0 Å². The van der Waals surface area contributed by atoms with Crippen molar-refractivity contribution in [2.24, 2.45) is 5.73 Å². The molecule has 1 amide bonds. The van der Waals surface area contributed by atoms with Gasteiger partial charge in [0.15, 0.2) is 0 Å². The molecular weight excluding hydrogens is 258 g/mol. The Kier molecular flexibility index (Phi) is 5.06. The Balaban J connectivity index is 3.14. The smallest absolute Gasteiger partial charge is 0.242 e. The summed E-state index contributed by atoms with van der Waals surface area (Å²) in [4.78, 5) is 26.2. The Labute approximate surface area is 119 Å². The first-order chi connectivity index (χ1) is 9.33. The Morgan fingerprint density at radius 2 is 1.75 bits per heavy atom. The lowest BCUT2D eigenvalue weighted by atomic mass is 10.1. The highest BCUT2D eigenvalue weighted by Gasteiger charge is 2.26. The molecule has 1 rings (SSSR count). The fourth-order valence-electron chi connectivity index (χ4n) is 1.52. The lowest BCUT2D eigenvalue weighted by molar-refractivity contribution is -0.121. The molecule has 0 spiro atoms. The van der Waals surface area contributed by atoms with E-state index in [1.807, 2.05) is 18.7 Å². The van der Waals surface area contributed by atoms with Gasteiger partial charge in [0.1, 0.15) is 5.54 Å². The van der Waals surface area contributed by atoms with E-state index < -0.39 is 11.4 Å². The Morgan fingerprint density at radius 3 is 2.20 bits per heavy atom. The van der Waals surface area contributed by atoms with Crippen molar-refractivity contribution in [3.63, 3.8) is 0 Å². The van der Waals surface area contributed by atoms with Gasteiger partial charge in [0.2, 0.25) is 23.8 Å². The summed E-state index contributed by atoms with van der Waals surface area (Å²) in [5, 5.41) is 5.81. The monoisotopic (exact) mass is 281 g/mol. The predicted molar refractivity (Wildman–Crippen MR) is 79.8 cm³/mol. The Morgan fingerprint density at radius 1 is 1.20 bits per heavy atom. The summed E-state index contributed by atoms with van der Waals surface area (Å²) >= 11 is 0. The average Bonchev–Trinajstić information content (AvgIpc) is 2.39. The van der Waals surface area contributed by atoms with Crippen molar-refractivity contribution in [1.29, 1.82) is 0 Å². The SMILES string of the molecule is CCN(CC)c1nc(NC)nc(NC(C)(C)C(N)=O)n1. The quantitative estimate of drug-likeness (QED) is 0.665. The summed E-state index contributed by atoms with van der Waals surface area (Å²) in [6.45, 7) is 8.95.